The Balaban J connectivity index is 1.08. The topological polar surface area (TPSA) is 292 Å². The molecule has 0 aromatic carbocycles. The molecule has 0 aromatic rings. The van der Waals surface area contributed by atoms with Crippen molar-refractivity contribution >= 4 is 11.9 Å². The number of aliphatic hydroxyl groups is 8. The summed E-state index contributed by atoms with van der Waals surface area (Å²) in [6.07, 6.45) is -14.1. The van der Waals surface area contributed by atoms with Crippen molar-refractivity contribution in [1.29, 1.82) is 0 Å². The summed E-state index contributed by atoms with van der Waals surface area (Å²) in [6.45, 7) is 12.2. The van der Waals surface area contributed by atoms with Crippen molar-refractivity contribution in [2.24, 2.45) is 44.8 Å². The fraction of sp³-hybridized carbons (Fsp3) is 0.867. The fourth-order valence-corrected chi connectivity index (χ4v) is 14.1. The molecule has 7 fully saturated rings. The van der Waals surface area contributed by atoms with Crippen LogP contribution >= 0.6 is 0 Å². The van der Waals surface area contributed by atoms with Crippen molar-refractivity contribution in [3.8, 4) is 0 Å². The highest BCUT2D eigenvalue weighted by molar-refractivity contribution is 5.77. The minimum absolute atomic E-state index is 0.0612. The standard InChI is InChI=1S/C45H68O18/c1-20-8-13-45(40(56)57)15-14-43(4)21(22(45)16-20)6-7-26-41(2)11-10-27(42(3,19-46)25(41)9-12-44(26,43)5)60-39-35(63-37-31(52)28(49)23(47)17-58-37)33(24(48)18-59-39)61-38-32(53)29(50)30(51)34(62-38)36(54)55/h6,22-35,37-39,46-53H,1,7-19H2,2-5H3,(H,54,55)(H,56,57)/t22-,23-,24+,25+,26-,27+,28+,29+,30-,31-,32+,33+,34-,35-,37-,38+,39-,41+,42+,43-,44+,45+/m1/s1. The molecular formula is C45H68O18. The molecule has 0 amide bonds. The lowest BCUT2D eigenvalue weighted by Crippen LogP contribution is -2.67. The summed E-state index contributed by atoms with van der Waals surface area (Å²) in [7, 11) is 0. The molecule has 8 rings (SSSR count). The van der Waals surface area contributed by atoms with Gasteiger partial charge in [0.1, 0.15) is 54.9 Å². The zero-order valence-electron chi connectivity index (χ0n) is 36.5. The fourth-order valence-electron chi connectivity index (χ4n) is 14.1. The van der Waals surface area contributed by atoms with Gasteiger partial charge in [-0.25, -0.2) is 4.79 Å². The zero-order chi connectivity index (χ0) is 45.8. The van der Waals surface area contributed by atoms with Crippen LogP contribution in [0.2, 0.25) is 0 Å². The van der Waals surface area contributed by atoms with E-state index in [4.69, 9.17) is 28.4 Å². The van der Waals surface area contributed by atoms with Crippen molar-refractivity contribution in [3.63, 3.8) is 0 Å². The van der Waals surface area contributed by atoms with Crippen molar-refractivity contribution < 1.29 is 89.1 Å². The number of hydrogen-bond acceptors (Lipinski definition) is 16. The molecule has 0 spiro atoms. The van der Waals surface area contributed by atoms with Crippen LogP contribution in [0, 0.1) is 44.8 Å². The molecule has 0 bridgehead atoms. The maximum atomic E-state index is 13.0. The van der Waals surface area contributed by atoms with E-state index in [1.807, 2.05) is 6.92 Å². The first kappa shape index (κ1) is 47.4. The third-order valence-electron chi connectivity index (χ3n) is 18.1. The first-order valence-corrected chi connectivity index (χ1v) is 22.6. The van der Waals surface area contributed by atoms with Gasteiger partial charge in [0, 0.05) is 11.3 Å². The van der Waals surface area contributed by atoms with Gasteiger partial charge < -0.3 is 79.5 Å². The van der Waals surface area contributed by atoms with E-state index in [0.717, 1.165) is 37.7 Å². The van der Waals surface area contributed by atoms with Gasteiger partial charge in [0.2, 0.25) is 0 Å². The summed E-state index contributed by atoms with van der Waals surface area (Å²) in [5.74, 6) is -2.33. The number of rotatable bonds is 9. The summed E-state index contributed by atoms with van der Waals surface area (Å²) in [4.78, 5) is 24.9. The van der Waals surface area contributed by atoms with Gasteiger partial charge in [0.25, 0.3) is 0 Å². The first-order chi connectivity index (χ1) is 29.6. The van der Waals surface area contributed by atoms with Crippen LogP contribution in [0.5, 0.6) is 0 Å². The largest absolute Gasteiger partial charge is 0.481 e. The number of ether oxygens (including phenoxy) is 6. The third-order valence-corrected chi connectivity index (χ3v) is 18.1. The number of fused-ring (bicyclic) bond motifs is 7. The molecule has 8 aliphatic rings. The minimum Gasteiger partial charge on any atom is -0.481 e. The number of aliphatic carboxylic acids is 2. The van der Waals surface area contributed by atoms with E-state index in [-0.39, 0.29) is 40.6 Å². The van der Waals surface area contributed by atoms with Gasteiger partial charge in [-0.2, -0.15) is 0 Å². The molecular weight excluding hydrogens is 828 g/mol. The molecule has 0 unspecified atom stereocenters. The van der Waals surface area contributed by atoms with Crippen LogP contribution in [0.3, 0.4) is 0 Å². The Bertz CT molecular complexity index is 1790. The van der Waals surface area contributed by atoms with E-state index < -0.39 is 122 Å². The van der Waals surface area contributed by atoms with E-state index >= 15 is 0 Å². The molecule has 4 saturated carbocycles. The monoisotopic (exact) mass is 896 g/mol. The smallest absolute Gasteiger partial charge is 0.335 e. The number of carboxylic acid groups (broad SMARTS) is 2. The Hall–Kier alpha value is -2.14. The highest BCUT2D eigenvalue weighted by Gasteiger charge is 2.70. The predicted octanol–water partition coefficient (Wildman–Crippen LogP) is 0.579. The summed E-state index contributed by atoms with van der Waals surface area (Å²) < 4.78 is 36.0. The lowest BCUT2D eigenvalue weighted by molar-refractivity contribution is -0.383. The van der Waals surface area contributed by atoms with E-state index in [0.29, 0.717) is 32.1 Å². The van der Waals surface area contributed by atoms with Crippen LogP contribution in [0.25, 0.3) is 0 Å². The van der Waals surface area contributed by atoms with E-state index in [1.165, 1.54) is 5.57 Å². The molecule has 3 heterocycles. The van der Waals surface area contributed by atoms with Gasteiger partial charge in [-0.1, -0.05) is 51.5 Å². The Morgan fingerprint density at radius 2 is 1.41 bits per heavy atom. The van der Waals surface area contributed by atoms with E-state index in [9.17, 15) is 60.7 Å². The first-order valence-electron chi connectivity index (χ1n) is 22.6. The molecule has 356 valence electrons. The average Bonchev–Trinajstić information content (AvgIpc) is 3.23. The number of aliphatic hydroxyl groups excluding tert-OH is 8. The molecule has 0 radical (unpaired) electrons. The van der Waals surface area contributed by atoms with Crippen LogP contribution in [0.4, 0.5) is 0 Å². The van der Waals surface area contributed by atoms with Crippen molar-refractivity contribution in [3.05, 3.63) is 23.8 Å². The second kappa shape index (κ2) is 16.9. The summed E-state index contributed by atoms with van der Waals surface area (Å²) in [5.41, 5.74) is 0.0156. The maximum absolute atomic E-state index is 13.0. The minimum atomic E-state index is -2.02. The highest BCUT2D eigenvalue weighted by atomic mass is 16.8. The molecule has 0 aromatic heterocycles. The normalized spacial score (nSPS) is 53.6. The van der Waals surface area contributed by atoms with Gasteiger partial charge in [-0.05, 0) is 92.3 Å². The molecule has 63 heavy (non-hydrogen) atoms. The van der Waals surface area contributed by atoms with Crippen LogP contribution in [0.15, 0.2) is 23.8 Å². The lowest BCUT2D eigenvalue weighted by atomic mass is 9.34. The molecule has 5 aliphatic carbocycles. The molecule has 3 aliphatic heterocycles. The second-order valence-electron chi connectivity index (χ2n) is 21.0. The van der Waals surface area contributed by atoms with Gasteiger partial charge >= 0.3 is 11.9 Å². The molecule has 3 saturated heterocycles. The number of carboxylic acids is 2. The molecule has 18 nitrogen and oxygen atoms in total. The van der Waals surface area contributed by atoms with Crippen LogP contribution in [0.1, 0.15) is 91.9 Å². The average molecular weight is 897 g/mol. The van der Waals surface area contributed by atoms with Gasteiger partial charge in [-0.3, -0.25) is 4.79 Å². The van der Waals surface area contributed by atoms with Crippen LogP contribution in [-0.4, -0.2) is 169 Å². The highest BCUT2D eigenvalue weighted by Crippen LogP contribution is 2.75. The Morgan fingerprint density at radius 3 is 2.10 bits per heavy atom. The van der Waals surface area contributed by atoms with Crippen molar-refractivity contribution in [2.75, 3.05) is 19.8 Å². The summed E-state index contributed by atoms with van der Waals surface area (Å²) >= 11 is 0. The van der Waals surface area contributed by atoms with Crippen LogP contribution < -0.4 is 0 Å². The third kappa shape index (κ3) is 7.28. The summed E-state index contributed by atoms with van der Waals surface area (Å²) in [5, 5.41) is 106. The number of hydrogen-bond donors (Lipinski definition) is 10. The van der Waals surface area contributed by atoms with Crippen molar-refractivity contribution in [1.82, 2.24) is 0 Å². The molecule has 18 heteroatoms. The van der Waals surface area contributed by atoms with E-state index in [2.05, 4.69) is 33.4 Å². The predicted molar refractivity (Wildman–Crippen MR) is 216 cm³/mol. The maximum Gasteiger partial charge on any atom is 0.335 e. The van der Waals surface area contributed by atoms with Gasteiger partial charge in [-0.15, -0.1) is 0 Å². The van der Waals surface area contributed by atoms with Gasteiger partial charge in [0.05, 0.1) is 31.3 Å². The van der Waals surface area contributed by atoms with Crippen LogP contribution in [-0.2, 0) is 38.0 Å². The lowest BCUT2D eigenvalue weighted by Gasteiger charge is -2.71. The Labute approximate surface area is 366 Å². The molecule has 22 atom stereocenters. The SMILES string of the molecule is C=C1CC[C@]2(C(=O)O)CC[C@]3(C)C(=CC[C@@H]4[C@@]5(C)CC[C@H](O[C@H]6OC[C@H](O)[C@H](O[C@H]7O[C@@H](C(=O)O)[C@H](O)[C@H](O)[C@@H]7O)[C@H]6O[C@H]6OC[C@@H](O)[C@H](O)[C@H]6O)[C@@](C)(CO)[C@H]5CC[C@@]43C)[C@H]2C1. The number of allylic oxidation sites excluding steroid dienone is 3. The van der Waals surface area contributed by atoms with Crippen molar-refractivity contribution in [2.45, 2.75) is 178 Å². The van der Waals surface area contributed by atoms with E-state index in [1.54, 1.807) is 0 Å². The quantitative estimate of drug-likeness (QED) is 0.112. The summed E-state index contributed by atoms with van der Waals surface area (Å²) in [6, 6.07) is 0. The Kier molecular flexibility index (Phi) is 12.7. The second-order valence-corrected chi connectivity index (χ2v) is 21.0. The number of carbonyl (C=O) groups is 2. The van der Waals surface area contributed by atoms with Gasteiger partial charge in [0.15, 0.2) is 25.0 Å². The molecule has 10 N–H and O–H groups in total. The Morgan fingerprint density at radius 1 is 0.746 bits per heavy atom. The zero-order valence-corrected chi connectivity index (χ0v) is 36.5.